The summed E-state index contributed by atoms with van der Waals surface area (Å²) in [5.74, 6) is 0. The zero-order valence-corrected chi connectivity index (χ0v) is 12.6. The van der Waals surface area contributed by atoms with Gasteiger partial charge in [0.15, 0.2) is 0 Å². The lowest BCUT2D eigenvalue weighted by atomic mass is 9.82. The van der Waals surface area contributed by atoms with Gasteiger partial charge < -0.3 is 10.1 Å². The van der Waals surface area contributed by atoms with E-state index in [9.17, 15) is 0 Å². The van der Waals surface area contributed by atoms with Crippen LogP contribution >= 0.6 is 11.6 Å². The van der Waals surface area contributed by atoms with E-state index in [1.165, 1.54) is 5.56 Å². The van der Waals surface area contributed by atoms with E-state index in [-0.39, 0.29) is 5.54 Å². The Hall–Kier alpha value is -1.42. The third kappa shape index (κ3) is 3.43. The van der Waals surface area contributed by atoms with Crippen molar-refractivity contribution < 1.29 is 4.74 Å². The molecule has 1 aromatic carbocycles. The van der Waals surface area contributed by atoms with Gasteiger partial charge in [-0.1, -0.05) is 48.0 Å². The molecule has 1 fully saturated rings. The summed E-state index contributed by atoms with van der Waals surface area (Å²) in [6, 6.07) is 14.5. The Balaban J connectivity index is 1.78. The number of nitrogens with one attached hydrogen (secondary N) is 1. The topological polar surface area (TPSA) is 34.1 Å². The Morgan fingerprint density at radius 3 is 2.52 bits per heavy atom. The molecule has 21 heavy (non-hydrogen) atoms. The maximum atomic E-state index is 5.84. The molecule has 1 aromatic heterocycles. The van der Waals surface area contributed by atoms with Crippen LogP contribution in [0.2, 0.25) is 5.15 Å². The summed E-state index contributed by atoms with van der Waals surface area (Å²) in [7, 11) is 0. The molecule has 0 atom stereocenters. The number of rotatable bonds is 4. The van der Waals surface area contributed by atoms with E-state index in [0.717, 1.165) is 38.2 Å². The summed E-state index contributed by atoms with van der Waals surface area (Å²) in [5.41, 5.74) is 2.45. The van der Waals surface area contributed by atoms with Crippen LogP contribution in [0.4, 0.5) is 0 Å². The number of hydrogen-bond donors (Lipinski definition) is 1. The highest BCUT2D eigenvalue weighted by Crippen LogP contribution is 2.32. The fourth-order valence-corrected chi connectivity index (χ4v) is 2.94. The summed E-state index contributed by atoms with van der Waals surface area (Å²) in [6.45, 7) is 2.36. The van der Waals surface area contributed by atoms with Crippen LogP contribution in [-0.4, -0.2) is 18.2 Å². The van der Waals surface area contributed by atoms with E-state index in [1.807, 2.05) is 18.3 Å². The van der Waals surface area contributed by atoms with Crippen molar-refractivity contribution in [2.45, 2.75) is 24.9 Å². The minimum absolute atomic E-state index is 0.0147. The second kappa shape index (κ2) is 6.56. The van der Waals surface area contributed by atoms with Gasteiger partial charge in [0.2, 0.25) is 0 Å². The molecule has 3 nitrogen and oxygen atoms in total. The van der Waals surface area contributed by atoms with Gasteiger partial charge in [-0.15, -0.1) is 0 Å². The van der Waals surface area contributed by atoms with Crippen LogP contribution in [0, 0.1) is 0 Å². The second-order valence-electron chi connectivity index (χ2n) is 5.40. The molecule has 3 rings (SSSR count). The SMILES string of the molecule is Clc1ccc(CNC2(c3ccccc3)CCOCC2)cn1. The largest absolute Gasteiger partial charge is 0.381 e. The Bertz CT molecular complexity index is 565. The molecule has 2 heterocycles. The Morgan fingerprint density at radius 2 is 1.86 bits per heavy atom. The maximum absolute atomic E-state index is 5.84. The third-order valence-corrected chi connectivity index (χ3v) is 4.32. The van der Waals surface area contributed by atoms with Crippen LogP contribution in [0.25, 0.3) is 0 Å². The predicted molar refractivity (Wildman–Crippen MR) is 84.3 cm³/mol. The molecule has 1 aliphatic heterocycles. The molecule has 4 heteroatoms. The average Bonchev–Trinajstić information content (AvgIpc) is 2.56. The maximum Gasteiger partial charge on any atom is 0.129 e. The van der Waals surface area contributed by atoms with Crippen molar-refractivity contribution in [1.29, 1.82) is 0 Å². The quantitative estimate of drug-likeness (QED) is 0.877. The number of ether oxygens (including phenoxy) is 1. The number of benzene rings is 1. The molecule has 1 N–H and O–H groups in total. The molecule has 0 spiro atoms. The highest BCUT2D eigenvalue weighted by atomic mass is 35.5. The van der Waals surface area contributed by atoms with Crippen LogP contribution in [0.1, 0.15) is 24.0 Å². The average molecular weight is 303 g/mol. The zero-order chi connectivity index (χ0) is 14.5. The smallest absolute Gasteiger partial charge is 0.129 e. The monoisotopic (exact) mass is 302 g/mol. The molecular weight excluding hydrogens is 284 g/mol. The van der Waals surface area contributed by atoms with Crippen molar-refractivity contribution in [3.63, 3.8) is 0 Å². The van der Waals surface area contributed by atoms with Crippen LogP contribution in [0.15, 0.2) is 48.7 Å². The number of pyridine rings is 1. The first-order chi connectivity index (χ1) is 10.3. The molecule has 110 valence electrons. The summed E-state index contributed by atoms with van der Waals surface area (Å²) >= 11 is 5.84. The van der Waals surface area contributed by atoms with Crippen molar-refractivity contribution >= 4 is 11.6 Å². The number of halogens is 1. The molecule has 0 unspecified atom stereocenters. The number of nitrogens with zero attached hydrogens (tertiary/aromatic N) is 1. The summed E-state index contributed by atoms with van der Waals surface area (Å²) in [6.07, 6.45) is 3.80. The van der Waals surface area contributed by atoms with Gasteiger partial charge in [0.25, 0.3) is 0 Å². The molecule has 1 aliphatic rings. The molecule has 0 aliphatic carbocycles. The van der Waals surface area contributed by atoms with Gasteiger partial charge in [-0.3, -0.25) is 0 Å². The molecule has 0 radical (unpaired) electrons. The van der Waals surface area contributed by atoms with Gasteiger partial charge in [-0.05, 0) is 30.0 Å². The molecule has 2 aromatic rings. The van der Waals surface area contributed by atoms with Crippen LogP contribution in [0.5, 0.6) is 0 Å². The van der Waals surface area contributed by atoms with Crippen LogP contribution in [0.3, 0.4) is 0 Å². The van der Waals surface area contributed by atoms with Gasteiger partial charge in [-0.25, -0.2) is 4.98 Å². The molecule has 0 bridgehead atoms. The van der Waals surface area contributed by atoms with E-state index in [1.54, 1.807) is 0 Å². The van der Waals surface area contributed by atoms with Crippen molar-refractivity contribution in [3.05, 3.63) is 64.9 Å². The van der Waals surface area contributed by atoms with E-state index in [4.69, 9.17) is 16.3 Å². The Morgan fingerprint density at radius 1 is 1.10 bits per heavy atom. The minimum atomic E-state index is -0.0147. The predicted octanol–water partition coefficient (Wildman–Crippen LogP) is 3.53. The molecule has 1 saturated heterocycles. The van der Waals surface area contributed by atoms with Gasteiger partial charge in [0.05, 0.1) is 0 Å². The van der Waals surface area contributed by atoms with Crippen LogP contribution in [-0.2, 0) is 16.8 Å². The molecule has 0 amide bonds. The first-order valence-corrected chi connectivity index (χ1v) is 7.65. The number of hydrogen-bond acceptors (Lipinski definition) is 3. The summed E-state index contributed by atoms with van der Waals surface area (Å²) in [5, 5.41) is 4.25. The zero-order valence-electron chi connectivity index (χ0n) is 11.9. The standard InChI is InChI=1S/C17H19ClN2O/c18-16-7-6-14(12-19-16)13-20-17(8-10-21-11-9-17)15-4-2-1-3-5-15/h1-7,12,20H,8-11,13H2. The summed E-state index contributed by atoms with van der Waals surface area (Å²) in [4.78, 5) is 4.14. The number of aromatic nitrogens is 1. The Labute approximate surface area is 130 Å². The highest BCUT2D eigenvalue weighted by Gasteiger charge is 2.33. The van der Waals surface area contributed by atoms with Crippen molar-refractivity contribution in [2.24, 2.45) is 0 Å². The third-order valence-electron chi connectivity index (χ3n) is 4.09. The van der Waals surface area contributed by atoms with E-state index in [0.29, 0.717) is 5.15 Å². The minimum Gasteiger partial charge on any atom is -0.381 e. The lowest BCUT2D eigenvalue weighted by Gasteiger charge is -2.39. The van der Waals surface area contributed by atoms with Crippen molar-refractivity contribution in [1.82, 2.24) is 10.3 Å². The van der Waals surface area contributed by atoms with E-state index in [2.05, 4.69) is 40.6 Å². The second-order valence-corrected chi connectivity index (χ2v) is 5.79. The first-order valence-electron chi connectivity index (χ1n) is 7.27. The lowest BCUT2D eigenvalue weighted by molar-refractivity contribution is 0.0358. The van der Waals surface area contributed by atoms with Crippen molar-refractivity contribution in [2.75, 3.05) is 13.2 Å². The fraction of sp³-hybridized carbons (Fsp3) is 0.353. The van der Waals surface area contributed by atoms with Gasteiger partial charge in [0.1, 0.15) is 5.15 Å². The first kappa shape index (κ1) is 14.5. The summed E-state index contributed by atoms with van der Waals surface area (Å²) < 4.78 is 5.54. The fourth-order valence-electron chi connectivity index (χ4n) is 2.83. The highest BCUT2D eigenvalue weighted by molar-refractivity contribution is 6.29. The molecular formula is C17H19ClN2O. The van der Waals surface area contributed by atoms with Gasteiger partial charge in [-0.2, -0.15) is 0 Å². The van der Waals surface area contributed by atoms with Crippen molar-refractivity contribution in [3.8, 4) is 0 Å². The van der Waals surface area contributed by atoms with E-state index >= 15 is 0 Å². The van der Waals surface area contributed by atoms with Gasteiger partial charge >= 0.3 is 0 Å². The molecule has 0 saturated carbocycles. The Kier molecular flexibility index (Phi) is 4.54. The van der Waals surface area contributed by atoms with Gasteiger partial charge in [0, 0.05) is 31.5 Å². The lowest BCUT2D eigenvalue weighted by Crippen LogP contribution is -2.46. The normalized spacial score (nSPS) is 17.6. The van der Waals surface area contributed by atoms with E-state index < -0.39 is 0 Å². The van der Waals surface area contributed by atoms with Crippen LogP contribution < -0.4 is 5.32 Å².